The summed E-state index contributed by atoms with van der Waals surface area (Å²) in [7, 11) is 0. The van der Waals surface area contributed by atoms with Crippen molar-refractivity contribution in [3.8, 4) is 39.4 Å². The van der Waals surface area contributed by atoms with Crippen molar-refractivity contribution >= 4 is 29.5 Å². The lowest BCUT2D eigenvalue weighted by Gasteiger charge is -2.16. The van der Waals surface area contributed by atoms with Gasteiger partial charge in [-0.25, -0.2) is 14.8 Å². The van der Waals surface area contributed by atoms with E-state index in [-0.39, 0.29) is 5.39 Å². The number of nitrogens with zero attached hydrogens (tertiary/aromatic N) is 2. The molecule has 0 spiro atoms. The Morgan fingerprint density at radius 1 is 0.868 bits per heavy atom. The quantitative estimate of drug-likeness (QED) is 0.192. The molecular formula is C29H20F3N3O2S. The number of thiol groups is 1. The minimum Gasteiger partial charge on any atom is -0.400 e. The zero-order valence-corrected chi connectivity index (χ0v) is 20.6. The molecule has 38 heavy (non-hydrogen) atoms. The molecule has 0 saturated heterocycles. The van der Waals surface area contributed by atoms with Crippen molar-refractivity contribution in [3.63, 3.8) is 0 Å². The molecule has 0 atom stereocenters. The first-order valence-corrected chi connectivity index (χ1v) is 12.0. The Labute approximate surface area is 221 Å². The van der Waals surface area contributed by atoms with Crippen LogP contribution < -0.4 is 10.5 Å². The van der Waals surface area contributed by atoms with Crippen molar-refractivity contribution in [1.29, 1.82) is 0 Å². The van der Waals surface area contributed by atoms with Crippen molar-refractivity contribution in [3.05, 3.63) is 96.7 Å². The van der Waals surface area contributed by atoms with Gasteiger partial charge in [0.1, 0.15) is 0 Å². The summed E-state index contributed by atoms with van der Waals surface area (Å²) in [5.74, 6) is -2.85. The Morgan fingerprint density at radius 2 is 1.58 bits per heavy atom. The summed E-state index contributed by atoms with van der Waals surface area (Å²) in [6, 6.07) is 25.7. The van der Waals surface area contributed by atoms with Crippen LogP contribution >= 0.6 is 12.6 Å². The van der Waals surface area contributed by atoms with Crippen LogP contribution in [0.4, 0.5) is 13.2 Å². The van der Waals surface area contributed by atoms with Crippen molar-refractivity contribution in [2.24, 2.45) is 5.73 Å². The first-order valence-electron chi connectivity index (χ1n) is 11.5. The summed E-state index contributed by atoms with van der Waals surface area (Å²) < 4.78 is 44.0. The molecule has 0 bridgehead atoms. The minimum absolute atomic E-state index is 0.158. The normalized spacial score (nSPS) is 11.5. The monoisotopic (exact) mass is 531 g/mol. The highest BCUT2D eigenvalue weighted by molar-refractivity contribution is 7.80. The molecule has 0 fully saturated rings. The lowest BCUT2D eigenvalue weighted by Crippen LogP contribution is -2.28. The molecular weight excluding hydrogens is 511 g/mol. The van der Waals surface area contributed by atoms with Crippen LogP contribution in [0.3, 0.4) is 0 Å². The number of halogens is 3. The number of rotatable bonds is 5. The van der Waals surface area contributed by atoms with Crippen LogP contribution in [0.1, 0.15) is 5.56 Å². The number of hydrogen-bond acceptors (Lipinski definition) is 6. The maximum absolute atomic E-state index is 13.1. The molecule has 5 aromatic rings. The lowest BCUT2D eigenvalue weighted by molar-refractivity contribution is -0.189. The van der Waals surface area contributed by atoms with Crippen LogP contribution in [0, 0.1) is 0 Å². The molecule has 2 heterocycles. The van der Waals surface area contributed by atoms with Gasteiger partial charge in [-0.15, -0.1) is 12.6 Å². The predicted molar refractivity (Wildman–Crippen MR) is 143 cm³/mol. The third kappa shape index (κ3) is 5.11. The summed E-state index contributed by atoms with van der Waals surface area (Å²) in [5.41, 5.74) is 11.0. The van der Waals surface area contributed by atoms with E-state index in [2.05, 4.69) is 17.6 Å². The van der Waals surface area contributed by atoms with Crippen LogP contribution in [0.15, 0.2) is 96.0 Å². The number of benzene rings is 3. The largest absolute Gasteiger partial charge is 0.491 e. The Hall–Kier alpha value is -4.21. The number of hydrogen-bond donors (Lipinski definition) is 2. The van der Waals surface area contributed by atoms with Crippen molar-refractivity contribution in [2.75, 3.05) is 0 Å². The summed E-state index contributed by atoms with van der Waals surface area (Å²) in [5, 5.41) is 0.158. The molecule has 2 N–H and O–H groups in total. The second-order valence-electron chi connectivity index (χ2n) is 8.46. The van der Waals surface area contributed by atoms with Crippen LogP contribution in [0.2, 0.25) is 0 Å². The van der Waals surface area contributed by atoms with Crippen LogP contribution in [-0.2, 0) is 11.3 Å². The second-order valence-corrected chi connectivity index (χ2v) is 8.98. The summed E-state index contributed by atoms with van der Waals surface area (Å²) in [6.07, 6.45) is -3.84. The van der Waals surface area contributed by atoms with E-state index in [1.165, 1.54) is 6.20 Å². The fourth-order valence-electron chi connectivity index (χ4n) is 4.10. The molecule has 0 unspecified atom stereocenters. The van der Waals surface area contributed by atoms with E-state index in [1.54, 1.807) is 24.3 Å². The SMILES string of the molecule is NCc1ccc(-c2nc3c(-c4cccc(S)c4)cnc(OC(=O)C(F)(F)F)c3cc2-c2ccccc2)cc1. The van der Waals surface area contributed by atoms with E-state index in [0.717, 1.165) is 16.7 Å². The van der Waals surface area contributed by atoms with Gasteiger partial charge in [-0.05, 0) is 34.9 Å². The van der Waals surface area contributed by atoms with E-state index in [0.29, 0.717) is 39.3 Å². The molecule has 0 aliphatic carbocycles. The smallest absolute Gasteiger partial charge is 0.400 e. The predicted octanol–water partition coefficient (Wildman–Crippen LogP) is 6.85. The number of pyridine rings is 2. The third-order valence-corrected chi connectivity index (χ3v) is 6.22. The van der Waals surface area contributed by atoms with Gasteiger partial charge in [-0.2, -0.15) is 13.2 Å². The Bertz CT molecular complexity index is 1640. The molecule has 0 amide bonds. The van der Waals surface area contributed by atoms with E-state index in [4.69, 9.17) is 15.5 Å². The molecule has 9 heteroatoms. The molecule has 0 aliphatic heterocycles. The first kappa shape index (κ1) is 25.4. The number of aromatic nitrogens is 2. The molecule has 5 nitrogen and oxygen atoms in total. The molecule has 0 radical (unpaired) electrons. The molecule has 0 saturated carbocycles. The number of carbonyl (C=O) groups is 1. The zero-order chi connectivity index (χ0) is 26.9. The Balaban J connectivity index is 1.83. The highest BCUT2D eigenvalue weighted by atomic mass is 32.1. The average Bonchev–Trinajstić information content (AvgIpc) is 2.92. The van der Waals surface area contributed by atoms with Gasteiger partial charge in [0.15, 0.2) is 0 Å². The molecule has 190 valence electrons. The zero-order valence-electron chi connectivity index (χ0n) is 19.7. The first-order chi connectivity index (χ1) is 18.2. The van der Waals surface area contributed by atoms with Crippen molar-refractivity contribution in [2.45, 2.75) is 17.6 Å². The maximum Gasteiger partial charge on any atom is 0.491 e. The van der Waals surface area contributed by atoms with Crippen LogP contribution in [0.5, 0.6) is 5.88 Å². The average molecular weight is 532 g/mol. The van der Waals surface area contributed by atoms with Gasteiger partial charge >= 0.3 is 12.1 Å². The molecule has 0 aliphatic rings. The van der Waals surface area contributed by atoms with Crippen molar-refractivity contribution in [1.82, 2.24) is 9.97 Å². The number of fused-ring (bicyclic) bond motifs is 1. The van der Waals surface area contributed by atoms with Gasteiger partial charge < -0.3 is 10.5 Å². The van der Waals surface area contributed by atoms with Gasteiger partial charge in [0.25, 0.3) is 0 Å². The number of ether oxygens (including phenoxy) is 1. The molecule has 3 aromatic carbocycles. The highest BCUT2D eigenvalue weighted by Crippen LogP contribution is 2.40. The molecule has 2 aromatic heterocycles. The van der Waals surface area contributed by atoms with Gasteiger partial charge in [0.2, 0.25) is 5.88 Å². The van der Waals surface area contributed by atoms with Crippen LogP contribution in [-0.4, -0.2) is 22.1 Å². The number of esters is 1. The van der Waals surface area contributed by atoms with Gasteiger partial charge in [-0.1, -0.05) is 66.7 Å². The van der Waals surface area contributed by atoms with Gasteiger partial charge in [0, 0.05) is 34.3 Å². The van der Waals surface area contributed by atoms with E-state index in [9.17, 15) is 18.0 Å². The summed E-state index contributed by atoms with van der Waals surface area (Å²) in [4.78, 5) is 21.5. The van der Waals surface area contributed by atoms with E-state index in [1.807, 2.05) is 60.7 Å². The Kier molecular flexibility index (Phi) is 6.88. The third-order valence-electron chi connectivity index (χ3n) is 5.94. The topological polar surface area (TPSA) is 78.1 Å². The fourth-order valence-corrected chi connectivity index (χ4v) is 4.33. The Morgan fingerprint density at radius 3 is 2.24 bits per heavy atom. The minimum atomic E-state index is -5.19. The number of nitrogens with two attached hydrogens (primary N) is 1. The summed E-state index contributed by atoms with van der Waals surface area (Å²) in [6.45, 7) is 0.376. The van der Waals surface area contributed by atoms with Gasteiger partial charge in [-0.3, -0.25) is 0 Å². The highest BCUT2D eigenvalue weighted by Gasteiger charge is 2.42. The van der Waals surface area contributed by atoms with Crippen molar-refractivity contribution < 1.29 is 22.7 Å². The summed E-state index contributed by atoms with van der Waals surface area (Å²) >= 11 is 4.41. The van der Waals surface area contributed by atoms with Crippen LogP contribution in [0.25, 0.3) is 44.4 Å². The fraction of sp³-hybridized carbons (Fsp3) is 0.0690. The van der Waals surface area contributed by atoms with Gasteiger partial charge in [0.05, 0.1) is 16.6 Å². The maximum atomic E-state index is 13.1. The number of alkyl halides is 3. The van der Waals surface area contributed by atoms with E-state index >= 15 is 0 Å². The number of carbonyl (C=O) groups excluding carboxylic acids is 1. The second kappa shape index (κ2) is 10.3. The standard InChI is InChI=1S/C29H20F3N3O2S/c30-29(31,32)28(36)37-27-23-14-22(18-5-2-1-3-6-18)25(19-11-9-17(15-33)10-12-19)35-26(23)24(16-34-27)20-7-4-8-21(38)13-20/h1-14,16,38H,15,33H2. The van der Waals surface area contributed by atoms with E-state index < -0.39 is 18.0 Å². The lowest BCUT2D eigenvalue weighted by atomic mass is 9.95. The molecule has 5 rings (SSSR count).